The minimum absolute atomic E-state index is 0.218. The summed E-state index contributed by atoms with van der Waals surface area (Å²) in [7, 11) is -3.65. The largest absolute Gasteiger partial charge is 0.448 e. The highest BCUT2D eigenvalue weighted by Gasteiger charge is 2.31. The lowest BCUT2D eigenvalue weighted by Gasteiger charge is -2.25. The van der Waals surface area contributed by atoms with Gasteiger partial charge in [0.25, 0.3) is 0 Å². The maximum absolute atomic E-state index is 13.1. The molecular weight excluding hydrogens is 342 g/mol. The van der Waals surface area contributed by atoms with Gasteiger partial charge in [-0.1, -0.05) is 6.07 Å². The van der Waals surface area contributed by atoms with Crippen molar-refractivity contribution in [1.29, 1.82) is 0 Å². The van der Waals surface area contributed by atoms with Crippen LogP contribution in [0.2, 0.25) is 0 Å². The van der Waals surface area contributed by atoms with Gasteiger partial charge in [0.2, 0.25) is 15.9 Å². The molecule has 1 aliphatic rings. The quantitative estimate of drug-likeness (QED) is 0.714. The molecule has 0 saturated carbocycles. The van der Waals surface area contributed by atoms with Crippen LogP contribution in [0.4, 0.5) is 0 Å². The van der Waals surface area contributed by atoms with Gasteiger partial charge in [0.05, 0.1) is 22.8 Å². The second kappa shape index (κ2) is 5.82. The topological polar surface area (TPSA) is 89.4 Å². The number of hydrogen-bond donors (Lipinski definition) is 0. The molecule has 0 bridgehead atoms. The summed E-state index contributed by atoms with van der Waals surface area (Å²) in [6.45, 7) is 4.19. The number of sulfonamides is 1. The molecule has 0 atom stereocenters. The van der Waals surface area contributed by atoms with E-state index in [1.165, 1.54) is 10.7 Å². The van der Waals surface area contributed by atoms with E-state index < -0.39 is 10.0 Å². The molecule has 1 aromatic carbocycles. The first-order valence-corrected chi connectivity index (χ1v) is 9.34. The van der Waals surface area contributed by atoms with E-state index in [4.69, 9.17) is 8.83 Å². The van der Waals surface area contributed by atoms with Crippen molar-refractivity contribution in [3.8, 4) is 11.5 Å². The van der Waals surface area contributed by atoms with E-state index in [0.29, 0.717) is 35.7 Å². The number of aryl methyl sites for hydroxylation is 2. The summed E-state index contributed by atoms with van der Waals surface area (Å²) in [6.07, 6.45) is 3.42. The number of hydrogen-bond acceptors (Lipinski definition) is 6. The third kappa shape index (κ3) is 2.77. The molecule has 8 heteroatoms. The number of benzene rings is 1. The number of nitrogens with zero attached hydrogens (tertiary/aromatic N) is 3. The molecular formula is C17H17N3O4S. The molecule has 4 rings (SSSR count). The van der Waals surface area contributed by atoms with Crippen molar-refractivity contribution >= 4 is 10.0 Å². The van der Waals surface area contributed by atoms with E-state index in [9.17, 15) is 8.42 Å². The first-order valence-electron chi connectivity index (χ1n) is 7.89. The smallest absolute Gasteiger partial charge is 0.243 e. The van der Waals surface area contributed by atoms with E-state index in [0.717, 1.165) is 11.5 Å². The van der Waals surface area contributed by atoms with Crippen molar-refractivity contribution in [2.45, 2.75) is 31.7 Å². The molecule has 3 heterocycles. The first-order chi connectivity index (χ1) is 11.9. The Labute approximate surface area is 145 Å². The van der Waals surface area contributed by atoms with E-state index in [1.807, 2.05) is 13.0 Å². The monoisotopic (exact) mass is 359 g/mol. The molecule has 0 N–H and O–H groups in total. The molecule has 0 spiro atoms. The van der Waals surface area contributed by atoms with Crippen molar-refractivity contribution in [3.05, 3.63) is 53.6 Å². The number of oxazole rings is 2. The third-order valence-corrected chi connectivity index (χ3v) is 6.30. The number of aromatic nitrogens is 2. The summed E-state index contributed by atoms with van der Waals surface area (Å²) in [4.78, 5) is 8.64. The van der Waals surface area contributed by atoms with Crippen LogP contribution < -0.4 is 0 Å². The van der Waals surface area contributed by atoms with Crippen LogP contribution in [0.25, 0.3) is 11.5 Å². The fraction of sp³-hybridized carbons (Fsp3) is 0.294. The Morgan fingerprint density at radius 1 is 1.20 bits per heavy atom. The van der Waals surface area contributed by atoms with Gasteiger partial charge in [0.1, 0.15) is 12.0 Å². The van der Waals surface area contributed by atoms with Crippen LogP contribution >= 0.6 is 0 Å². The van der Waals surface area contributed by atoms with Crippen molar-refractivity contribution in [2.24, 2.45) is 0 Å². The van der Waals surface area contributed by atoms with Gasteiger partial charge in [-0.05, 0) is 31.5 Å². The Morgan fingerprint density at radius 3 is 2.80 bits per heavy atom. The Balaban J connectivity index is 1.73. The van der Waals surface area contributed by atoms with Gasteiger partial charge >= 0.3 is 0 Å². The molecule has 3 aromatic rings. The Kier molecular flexibility index (Phi) is 3.73. The SMILES string of the molecule is Cc1coc(-c2ccc(C)c(S(=O)(=O)N3CCc4ocnc4C3)c2)n1. The number of fused-ring (bicyclic) bond motifs is 1. The van der Waals surface area contributed by atoms with Crippen LogP contribution in [0.15, 0.2) is 44.6 Å². The van der Waals surface area contributed by atoms with Crippen LogP contribution in [-0.4, -0.2) is 29.2 Å². The third-order valence-electron chi connectivity index (χ3n) is 4.31. The van der Waals surface area contributed by atoms with Gasteiger partial charge in [-0.2, -0.15) is 4.31 Å². The molecule has 0 amide bonds. The summed E-state index contributed by atoms with van der Waals surface area (Å²) in [5.74, 6) is 1.17. The van der Waals surface area contributed by atoms with E-state index in [-0.39, 0.29) is 11.4 Å². The van der Waals surface area contributed by atoms with Crippen LogP contribution in [0.3, 0.4) is 0 Å². The van der Waals surface area contributed by atoms with Gasteiger partial charge in [-0.25, -0.2) is 18.4 Å². The lowest BCUT2D eigenvalue weighted by molar-refractivity contribution is 0.361. The summed E-state index contributed by atoms with van der Waals surface area (Å²) < 4.78 is 38.4. The Hall–Kier alpha value is -2.45. The Bertz CT molecular complexity index is 1040. The molecule has 0 saturated heterocycles. The zero-order valence-corrected chi connectivity index (χ0v) is 14.7. The fourth-order valence-corrected chi connectivity index (χ4v) is 4.59. The zero-order valence-electron chi connectivity index (χ0n) is 13.9. The van der Waals surface area contributed by atoms with Crippen LogP contribution in [-0.2, 0) is 23.0 Å². The van der Waals surface area contributed by atoms with Gasteiger partial charge in [0.15, 0.2) is 6.39 Å². The average molecular weight is 359 g/mol. The van der Waals surface area contributed by atoms with E-state index in [1.54, 1.807) is 25.3 Å². The van der Waals surface area contributed by atoms with Gasteiger partial charge in [-0.3, -0.25) is 0 Å². The highest BCUT2D eigenvalue weighted by Crippen LogP contribution is 2.29. The lowest BCUT2D eigenvalue weighted by atomic mass is 10.1. The van der Waals surface area contributed by atoms with E-state index in [2.05, 4.69) is 9.97 Å². The molecule has 2 aromatic heterocycles. The van der Waals surface area contributed by atoms with Crippen molar-refractivity contribution in [1.82, 2.24) is 14.3 Å². The van der Waals surface area contributed by atoms with Gasteiger partial charge in [0, 0.05) is 18.5 Å². The van der Waals surface area contributed by atoms with Crippen LogP contribution in [0.1, 0.15) is 22.7 Å². The highest BCUT2D eigenvalue weighted by molar-refractivity contribution is 7.89. The van der Waals surface area contributed by atoms with Gasteiger partial charge in [-0.15, -0.1) is 0 Å². The van der Waals surface area contributed by atoms with Gasteiger partial charge < -0.3 is 8.83 Å². The molecule has 130 valence electrons. The summed E-state index contributed by atoms with van der Waals surface area (Å²) in [6, 6.07) is 5.20. The lowest BCUT2D eigenvalue weighted by Crippen LogP contribution is -2.36. The van der Waals surface area contributed by atoms with E-state index >= 15 is 0 Å². The van der Waals surface area contributed by atoms with Crippen LogP contribution in [0, 0.1) is 13.8 Å². The maximum Gasteiger partial charge on any atom is 0.243 e. The minimum Gasteiger partial charge on any atom is -0.448 e. The standard InChI is InChI=1S/C17H17N3O4S/c1-11-3-4-13(17-19-12(2)9-23-17)7-16(11)25(21,22)20-6-5-15-14(8-20)18-10-24-15/h3-4,7,9-10H,5-6,8H2,1-2H3. The maximum atomic E-state index is 13.1. The molecule has 1 aliphatic heterocycles. The second-order valence-electron chi connectivity index (χ2n) is 6.09. The van der Waals surface area contributed by atoms with Crippen molar-refractivity contribution < 1.29 is 17.3 Å². The second-order valence-corrected chi connectivity index (χ2v) is 7.99. The molecule has 0 unspecified atom stereocenters. The molecule has 0 fully saturated rings. The average Bonchev–Trinajstić information content (AvgIpc) is 3.23. The summed E-state index contributed by atoms with van der Waals surface area (Å²) in [5.41, 5.74) is 2.73. The predicted octanol–water partition coefficient (Wildman–Crippen LogP) is 2.69. The van der Waals surface area contributed by atoms with Crippen LogP contribution in [0.5, 0.6) is 0 Å². The first kappa shape index (κ1) is 16.0. The van der Waals surface area contributed by atoms with Crippen molar-refractivity contribution in [2.75, 3.05) is 6.54 Å². The predicted molar refractivity (Wildman–Crippen MR) is 89.2 cm³/mol. The fourth-order valence-electron chi connectivity index (χ4n) is 2.94. The molecule has 0 aliphatic carbocycles. The molecule has 0 radical (unpaired) electrons. The Morgan fingerprint density at radius 2 is 2.04 bits per heavy atom. The molecule has 25 heavy (non-hydrogen) atoms. The summed E-state index contributed by atoms with van der Waals surface area (Å²) >= 11 is 0. The normalized spacial score (nSPS) is 15.3. The van der Waals surface area contributed by atoms with Crippen molar-refractivity contribution in [3.63, 3.8) is 0 Å². The zero-order chi connectivity index (χ0) is 17.6. The summed E-state index contributed by atoms with van der Waals surface area (Å²) in [5, 5.41) is 0. The minimum atomic E-state index is -3.65. The highest BCUT2D eigenvalue weighted by atomic mass is 32.2. The molecule has 7 nitrogen and oxygen atoms in total. The number of rotatable bonds is 3.